The van der Waals surface area contributed by atoms with Crippen molar-refractivity contribution in [2.75, 3.05) is 44.2 Å². The molecule has 0 spiro atoms. The van der Waals surface area contributed by atoms with Gasteiger partial charge in [-0.05, 0) is 49.2 Å². The van der Waals surface area contributed by atoms with Gasteiger partial charge in [0.15, 0.2) is 0 Å². The minimum atomic E-state index is 0.143. The second kappa shape index (κ2) is 9.10. The molecule has 2 aliphatic heterocycles. The van der Waals surface area contributed by atoms with Gasteiger partial charge < -0.3 is 9.80 Å². The molecular weight excluding hydrogens is 414 g/mol. The lowest BCUT2D eigenvalue weighted by atomic mass is 9.95. The van der Waals surface area contributed by atoms with Crippen LogP contribution in [0.15, 0.2) is 59.1 Å². The van der Waals surface area contributed by atoms with Crippen LogP contribution in [0.4, 0.5) is 5.69 Å². The Labute approximate surface area is 176 Å². The van der Waals surface area contributed by atoms with E-state index in [1.165, 1.54) is 11.3 Å². The maximum absolute atomic E-state index is 13.1. The van der Waals surface area contributed by atoms with E-state index in [4.69, 9.17) is 0 Å². The lowest BCUT2D eigenvalue weighted by molar-refractivity contribution is -0.137. The molecule has 0 radical (unpaired) electrons. The average Bonchev–Trinajstić information content (AvgIpc) is 2.74. The first kappa shape index (κ1) is 19.5. The molecule has 4 nitrogen and oxygen atoms in total. The maximum atomic E-state index is 13.1. The molecule has 4 rings (SSSR count). The van der Waals surface area contributed by atoms with Crippen LogP contribution in [0.25, 0.3) is 0 Å². The van der Waals surface area contributed by atoms with Crippen molar-refractivity contribution in [1.82, 2.24) is 9.80 Å². The van der Waals surface area contributed by atoms with E-state index in [1.54, 1.807) is 0 Å². The van der Waals surface area contributed by atoms with Crippen molar-refractivity contribution < 1.29 is 4.79 Å². The van der Waals surface area contributed by atoms with Crippen molar-refractivity contribution >= 4 is 27.5 Å². The quantitative estimate of drug-likeness (QED) is 0.716. The van der Waals surface area contributed by atoms with Crippen LogP contribution in [0.2, 0.25) is 0 Å². The Morgan fingerprint density at radius 2 is 1.75 bits per heavy atom. The van der Waals surface area contributed by atoms with Crippen LogP contribution < -0.4 is 4.90 Å². The molecule has 0 saturated carbocycles. The zero-order valence-electron chi connectivity index (χ0n) is 16.3. The number of hydrogen-bond acceptors (Lipinski definition) is 3. The molecule has 1 amide bonds. The Morgan fingerprint density at radius 1 is 0.964 bits per heavy atom. The standard InChI is InChI=1S/C23H28BrN3O/c24-21-8-4-6-19(16-21)17-25-11-5-7-20(18-25)23(28)27-14-12-26(13-15-27)22-9-2-1-3-10-22/h1-4,6,8-10,16,20H,5,7,11-15,17-18H2. The molecule has 0 bridgehead atoms. The number of likely N-dealkylation sites (tertiary alicyclic amines) is 1. The summed E-state index contributed by atoms with van der Waals surface area (Å²) in [6.07, 6.45) is 2.13. The highest BCUT2D eigenvalue weighted by atomic mass is 79.9. The first-order chi connectivity index (χ1) is 13.7. The molecule has 2 aliphatic rings. The van der Waals surface area contributed by atoms with Gasteiger partial charge in [0, 0.05) is 49.4 Å². The minimum absolute atomic E-state index is 0.143. The number of hydrogen-bond donors (Lipinski definition) is 0. The van der Waals surface area contributed by atoms with Crippen LogP contribution in [0.3, 0.4) is 0 Å². The van der Waals surface area contributed by atoms with Crippen LogP contribution in [-0.2, 0) is 11.3 Å². The van der Waals surface area contributed by atoms with E-state index in [0.717, 1.165) is 63.1 Å². The molecule has 148 valence electrons. The Bertz CT molecular complexity index is 789. The highest BCUT2D eigenvalue weighted by molar-refractivity contribution is 9.10. The minimum Gasteiger partial charge on any atom is -0.368 e. The van der Waals surface area contributed by atoms with Crippen LogP contribution in [-0.4, -0.2) is 55.0 Å². The molecule has 0 aliphatic carbocycles. The van der Waals surface area contributed by atoms with E-state index in [-0.39, 0.29) is 5.92 Å². The third-order valence-corrected chi connectivity index (χ3v) is 6.36. The summed E-state index contributed by atoms with van der Waals surface area (Å²) in [7, 11) is 0. The molecular formula is C23H28BrN3O. The zero-order chi connectivity index (χ0) is 19.3. The number of anilines is 1. The van der Waals surface area contributed by atoms with E-state index < -0.39 is 0 Å². The Balaban J connectivity index is 1.31. The van der Waals surface area contributed by atoms with Gasteiger partial charge in [-0.15, -0.1) is 0 Å². The molecule has 2 aromatic carbocycles. The van der Waals surface area contributed by atoms with Gasteiger partial charge in [0.05, 0.1) is 5.92 Å². The van der Waals surface area contributed by atoms with Crippen LogP contribution >= 0.6 is 15.9 Å². The summed E-state index contributed by atoms with van der Waals surface area (Å²) in [6.45, 7) is 6.38. The molecule has 0 N–H and O–H groups in total. The Morgan fingerprint density at radius 3 is 2.50 bits per heavy atom. The Hall–Kier alpha value is -1.85. The van der Waals surface area contributed by atoms with Crippen molar-refractivity contribution in [3.05, 3.63) is 64.6 Å². The van der Waals surface area contributed by atoms with Gasteiger partial charge in [-0.3, -0.25) is 9.69 Å². The van der Waals surface area contributed by atoms with Gasteiger partial charge in [0.2, 0.25) is 5.91 Å². The third kappa shape index (κ3) is 4.76. The third-order valence-electron chi connectivity index (χ3n) is 5.86. The molecule has 1 atom stereocenters. The van der Waals surface area contributed by atoms with Crippen molar-refractivity contribution in [1.29, 1.82) is 0 Å². The van der Waals surface area contributed by atoms with Gasteiger partial charge in [-0.1, -0.05) is 46.3 Å². The predicted molar refractivity (Wildman–Crippen MR) is 117 cm³/mol. The fourth-order valence-electron chi connectivity index (χ4n) is 4.38. The number of carbonyl (C=O) groups excluding carboxylic acids is 1. The van der Waals surface area contributed by atoms with Gasteiger partial charge in [0.25, 0.3) is 0 Å². The monoisotopic (exact) mass is 441 g/mol. The number of rotatable bonds is 4. The fourth-order valence-corrected chi connectivity index (χ4v) is 4.82. The number of piperidine rings is 1. The zero-order valence-corrected chi connectivity index (χ0v) is 17.9. The lowest BCUT2D eigenvalue weighted by Crippen LogP contribution is -2.52. The SMILES string of the molecule is O=C(C1CCCN(Cc2cccc(Br)c2)C1)N1CCN(c2ccccc2)CC1. The van der Waals surface area contributed by atoms with Gasteiger partial charge in [-0.2, -0.15) is 0 Å². The summed E-state index contributed by atoms with van der Waals surface area (Å²) in [5, 5.41) is 0. The lowest BCUT2D eigenvalue weighted by Gasteiger charge is -2.39. The van der Waals surface area contributed by atoms with Crippen LogP contribution in [0.5, 0.6) is 0 Å². The second-order valence-corrected chi connectivity index (χ2v) is 8.77. The van der Waals surface area contributed by atoms with Crippen molar-refractivity contribution in [2.45, 2.75) is 19.4 Å². The Kier molecular flexibility index (Phi) is 6.33. The highest BCUT2D eigenvalue weighted by Gasteiger charge is 2.31. The smallest absolute Gasteiger partial charge is 0.227 e. The fraction of sp³-hybridized carbons (Fsp3) is 0.435. The maximum Gasteiger partial charge on any atom is 0.227 e. The summed E-state index contributed by atoms with van der Waals surface area (Å²) in [5.41, 5.74) is 2.56. The summed E-state index contributed by atoms with van der Waals surface area (Å²) >= 11 is 3.55. The van der Waals surface area contributed by atoms with Gasteiger partial charge in [0.1, 0.15) is 0 Å². The summed E-state index contributed by atoms with van der Waals surface area (Å²) in [4.78, 5) is 20.0. The average molecular weight is 442 g/mol. The van der Waals surface area contributed by atoms with E-state index >= 15 is 0 Å². The van der Waals surface area contributed by atoms with E-state index in [2.05, 4.69) is 79.2 Å². The number of carbonyl (C=O) groups is 1. The summed E-state index contributed by atoms with van der Waals surface area (Å²) in [6, 6.07) is 19.0. The molecule has 5 heteroatoms. The number of amides is 1. The van der Waals surface area contributed by atoms with Gasteiger partial charge >= 0.3 is 0 Å². The first-order valence-electron chi connectivity index (χ1n) is 10.2. The van der Waals surface area contributed by atoms with E-state index in [0.29, 0.717) is 5.91 Å². The predicted octanol–water partition coefficient (Wildman–Crippen LogP) is 4.01. The number of benzene rings is 2. The first-order valence-corrected chi connectivity index (χ1v) is 11.0. The molecule has 2 saturated heterocycles. The van der Waals surface area contributed by atoms with Crippen LogP contribution in [0.1, 0.15) is 18.4 Å². The number of para-hydroxylation sites is 1. The molecule has 28 heavy (non-hydrogen) atoms. The molecule has 1 unspecified atom stereocenters. The summed E-state index contributed by atoms with van der Waals surface area (Å²) < 4.78 is 1.12. The van der Waals surface area contributed by atoms with Crippen molar-refractivity contribution in [2.24, 2.45) is 5.92 Å². The molecule has 0 aromatic heterocycles. The molecule has 2 aromatic rings. The normalized spacial score (nSPS) is 21.0. The van der Waals surface area contributed by atoms with Crippen molar-refractivity contribution in [3.8, 4) is 0 Å². The van der Waals surface area contributed by atoms with E-state index in [9.17, 15) is 4.79 Å². The number of piperazine rings is 1. The summed E-state index contributed by atoms with van der Waals surface area (Å²) in [5.74, 6) is 0.496. The molecule has 2 fully saturated rings. The molecule has 2 heterocycles. The largest absolute Gasteiger partial charge is 0.368 e. The number of halogens is 1. The topological polar surface area (TPSA) is 26.8 Å². The highest BCUT2D eigenvalue weighted by Crippen LogP contribution is 2.23. The second-order valence-electron chi connectivity index (χ2n) is 7.85. The van der Waals surface area contributed by atoms with Crippen LogP contribution in [0, 0.1) is 5.92 Å². The van der Waals surface area contributed by atoms with Gasteiger partial charge in [-0.25, -0.2) is 0 Å². The van der Waals surface area contributed by atoms with Crippen molar-refractivity contribution in [3.63, 3.8) is 0 Å². The number of nitrogens with zero attached hydrogens (tertiary/aromatic N) is 3. The van der Waals surface area contributed by atoms with E-state index in [1.807, 2.05) is 6.07 Å².